The summed E-state index contributed by atoms with van der Waals surface area (Å²) in [5.41, 5.74) is 3.82. The molecule has 6 heteroatoms. The van der Waals surface area contributed by atoms with E-state index < -0.39 is 0 Å². The summed E-state index contributed by atoms with van der Waals surface area (Å²) < 4.78 is 0. The number of aliphatic imine (C=N–C) groups is 1. The van der Waals surface area contributed by atoms with Gasteiger partial charge < -0.3 is 10.1 Å². The SMILES string of the molecule is CC(=O)/C=C\C=C/C(C)C.CC(C)=O.CCC(=O)NCc1cccc(C(/C=C\C(=O)CCc2ccccc2)=NC)c1.CCC1CC1. The lowest BCUT2D eigenvalue weighted by molar-refractivity contribution is -0.121. The number of allylic oxidation sites excluding steroid dienone is 6. The highest BCUT2D eigenvalue weighted by atomic mass is 16.1. The lowest BCUT2D eigenvalue weighted by Gasteiger charge is -2.07. The summed E-state index contributed by atoms with van der Waals surface area (Å²) in [5.74, 6) is 2.04. The third-order valence-electron chi connectivity index (χ3n) is 6.42. The fraction of sp³-hybridized carbons (Fsp3) is 0.425. The smallest absolute Gasteiger partial charge is 0.219 e. The molecule has 1 fully saturated rings. The van der Waals surface area contributed by atoms with Crippen LogP contribution in [0.2, 0.25) is 0 Å². The molecule has 1 amide bonds. The van der Waals surface area contributed by atoms with E-state index in [9.17, 15) is 19.2 Å². The van der Waals surface area contributed by atoms with Crippen LogP contribution in [0.4, 0.5) is 0 Å². The van der Waals surface area contributed by atoms with Crippen LogP contribution in [-0.2, 0) is 32.1 Å². The van der Waals surface area contributed by atoms with E-state index in [4.69, 9.17) is 0 Å². The van der Waals surface area contributed by atoms with E-state index in [1.807, 2.05) is 73.7 Å². The maximum atomic E-state index is 12.2. The summed E-state index contributed by atoms with van der Waals surface area (Å²) in [6.45, 7) is 13.4. The summed E-state index contributed by atoms with van der Waals surface area (Å²) in [6.07, 6.45) is 16.7. The number of benzene rings is 2. The zero-order valence-electron chi connectivity index (χ0n) is 29.3. The average molecular weight is 629 g/mol. The Morgan fingerprint density at radius 1 is 0.870 bits per heavy atom. The molecule has 2 aromatic rings. The molecular formula is C40H56N2O4. The molecule has 0 spiro atoms. The molecule has 0 aromatic heterocycles. The van der Waals surface area contributed by atoms with E-state index in [1.165, 1.54) is 33.1 Å². The number of hydrogen-bond acceptors (Lipinski definition) is 5. The number of carbonyl (C=O) groups excluding carboxylic acids is 4. The Hall–Kier alpha value is -4.19. The van der Waals surface area contributed by atoms with Gasteiger partial charge in [-0.2, -0.15) is 0 Å². The van der Waals surface area contributed by atoms with Crippen molar-refractivity contribution in [1.82, 2.24) is 5.32 Å². The maximum Gasteiger partial charge on any atom is 0.219 e. The van der Waals surface area contributed by atoms with Crippen LogP contribution in [0.5, 0.6) is 0 Å². The second kappa shape index (κ2) is 26.1. The van der Waals surface area contributed by atoms with Gasteiger partial charge in [0.15, 0.2) is 11.6 Å². The van der Waals surface area contributed by atoms with Crippen LogP contribution < -0.4 is 5.32 Å². The van der Waals surface area contributed by atoms with Gasteiger partial charge in [0.1, 0.15) is 5.78 Å². The highest BCUT2D eigenvalue weighted by Crippen LogP contribution is 2.31. The molecule has 2 aromatic carbocycles. The van der Waals surface area contributed by atoms with Crippen molar-refractivity contribution in [2.45, 2.75) is 93.5 Å². The minimum Gasteiger partial charge on any atom is -0.352 e. The predicted octanol–water partition coefficient (Wildman–Crippen LogP) is 8.64. The molecule has 3 rings (SSSR count). The predicted molar refractivity (Wildman–Crippen MR) is 193 cm³/mol. The van der Waals surface area contributed by atoms with Crippen molar-refractivity contribution in [2.75, 3.05) is 7.05 Å². The average Bonchev–Trinajstić information content (AvgIpc) is 3.87. The van der Waals surface area contributed by atoms with E-state index in [1.54, 1.807) is 38.3 Å². The Balaban J connectivity index is 0.000000863. The van der Waals surface area contributed by atoms with Gasteiger partial charge in [0, 0.05) is 26.4 Å². The van der Waals surface area contributed by atoms with E-state index in [-0.39, 0.29) is 23.3 Å². The molecular weight excluding hydrogens is 572 g/mol. The molecule has 1 N–H and O–H groups in total. The lowest BCUT2D eigenvalue weighted by atomic mass is 10.0. The van der Waals surface area contributed by atoms with Gasteiger partial charge in [0.2, 0.25) is 5.91 Å². The Morgan fingerprint density at radius 2 is 1.50 bits per heavy atom. The number of hydrogen-bond donors (Lipinski definition) is 1. The third kappa shape index (κ3) is 25.2. The molecule has 0 bridgehead atoms. The number of carbonyl (C=O) groups is 4. The highest BCUT2D eigenvalue weighted by Gasteiger charge is 2.17. The summed E-state index contributed by atoms with van der Waals surface area (Å²) in [6, 6.07) is 17.8. The van der Waals surface area contributed by atoms with Crippen LogP contribution in [0, 0.1) is 11.8 Å². The molecule has 1 aliphatic carbocycles. The summed E-state index contributed by atoms with van der Waals surface area (Å²) in [5, 5.41) is 2.86. The van der Waals surface area contributed by atoms with Crippen molar-refractivity contribution in [3.8, 4) is 0 Å². The molecule has 1 aliphatic rings. The third-order valence-corrected chi connectivity index (χ3v) is 6.42. The second-order valence-corrected chi connectivity index (χ2v) is 11.6. The second-order valence-electron chi connectivity index (χ2n) is 11.6. The van der Waals surface area contributed by atoms with Crippen LogP contribution in [0.1, 0.15) is 97.3 Å². The van der Waals surface area contributed by atoms with E-state index in [0.717, 1.165) is 34.7 Å². The van der Waals surface area contributed by atoms with Crippen LogP contribution in [-0.4, -0.2) is 36.0 Å². The van der Waals surface area contributed by atoms with Crippen molar-refractivity contribution in [3.05, 3.63) is 108 Å². The van der Waals surface area contributed by atoms with Crippen molar-refractivity contribution in [2.24, 2.45) is 16.8 Å². The van der Waals surface area contributed by atoms with Crippen LogP contribution >= 0.6 is 0 Å². The molecule has 0 saturated heterocycles. The molecule has 46 heavy (non-hydrogen) atoms. The van der Waals surface area contributed by atoms with Crippen molar-refractivity contribution in [1.29, 1.82) is 0 Å². The summed E-state index contributed by atoms with van der Waals surface area (Å²) >= 11 is 0. The Kier molecular flexibility index (Phi) is 23.7. The maximum absolute atomic E-state index is 12.2. The van der Waals surface area contributed by atoms with Gasteiger partial charge in [-0.15, -0.1) is 0 Å². The number of Topliss-reactive ketones (excluding diaryl/α,β-unsaturated/α-hetero) is 1. The number of aryl methyl sites for hydroxylation is 1. The summed E-state index contributed by atoms with van der Waals surface area (Å²) in [4.78, 5) is 47.7. The zero-order chi connectivity index (χ0) is 34.7. The molecule has 0 unspecified atom stereocenters. The highest BCUT2D eigenvalue weighted by molar-refractivity contribution is 6.11. The Morgan fingerprint density at radius 3 is 2.00 bits per heavy atom. The van der Waals surface area contributed by atoms with Crippen molar-refractivity contribution >= 4 is 29.0 Å². The Labute approximate surface area is 278 Å². The monoisotopic (exact) mass is 628 g/mol. The van der Waals surface area contributed by atoms with Gasteiger partial charge in [0.05, 0.1) is 5.71 Å². The molecule has 250 valence electrons. The first-order chi connectivity index (χ1) is 21.9. The van der Waals surface area contributed by atoms with E-state index >= 15 is 0 Å². The molecule has 0 radical (unpaired) electrons. The number of rotatable bonds is 13. The summed E-state index contributed by atoms with van der Waals surface area (Å²) in [7, 11) is 1.71. The first-order valence-corrected chi connectivity index (χ1v) is 16.3. The van der Waals surface area contributed by atoms with Crippen molar-refractivity contribution in [3.63, 3.8) is 0 Å². The molecule has 1 saturated carbocycles. The number of ketones is 3. The lowest BCUT2D eigenvalue weighted by Crippen LogP contribution is -2.21. The van der Waals surface area contributed by atoms with Crippen LogP contribution in [0.25, 0.3) is 0 Å². The topological polar surface area (TPSA) is 92.7 Å². The fourth-order valence-corrected chi connectivity index (χ4v) is 3.64. The molecule has 0 atom stereocenters. The van der Waals surface area contributed by atoms with Crippen LogP contribution in [0.3, 0.4) is 0 Å². The van der Waals surface area contributed by atoms with E-state index in [0.29, 0.717) is 25.3 Å². The first-order valence-electron chi connectivity index (χ1n) is 16.3. The van der Waals surface area contributed by atoms with Crippen molar-refractivity contribution < 1.29 is 19.2 Å². The minimum absolute atomic E-state index is 0.0219. The van der Waals surface area contributed by atoms with Crippen LogP contribution in [0.15, 0.2) is 96.0 Å². The normalized spacial score (nSPS) is 12.5. The number of amides is 1. The Bertz CT molecular complexity index is 1300. The molecule has 0 aliphatic heterocycles. The number of nitrogens with zero attached hydrogens (tertiary/aromatic N) is 1. The standard InChI is InChI=1S/C23H26N2O2.C9H14O.C5H10.C3H6O/c1-3-23(27)25-17-19-10-7-11-20(16-19)22(24-2)15-14-21(26)13-12-18-8-5-4-6-9-18;1-8(2)6-4-5-7-9(3)10;1-2-5-3-4-5;1-3(2)4/h4-11,14-16H,3,12-13,17H2,1-2H3,(H,25,27);4-8H,1-3H3;5H,2-4H2,1H3;1-2H3/b15-14-,24-22?;6-4-,7-5-;;. The van der Waals surface area contributed by atoms with Gasteiger partial charge in [-0.1, -0.05) is 114 Å². The zero-order valence-corrected chi connectivity index (χ0v) is 29.3. The largest absolute Gasteiger partial charge is 0.352 e. The minimum atomic E-state index is 0.0219. The van der Waals surface area contributed by atoms with Gasteiger partial charge in [-0.05, 0) is 80.0 Å². The quantitative estimate of drug-likeness (QED) is 0.137. The molecule has 0 heterocycles. The first kappa shape index (κ1) is 41.8. The van der Waals surface area contributed by atoms with Gasteiger partial charge in [-0.3, -0.25) is 19.4 Å². The molecule has 6 nitrogen and oxygen atoms in total. The van der Waals surface area contributed by atoms with Gasteiger partial charge in [-0.25, -0.2) is 0 Å². The fourth-order valence-electron chi connectivity index (χ4n) is 3.64. The van der Waals surface area contributed by atoms with Gasteiger partial charge >= 0.3 is 0 Å². The number of nitrogens with one attached hydrogen (secondary N) is 1. The van der Waals surface area contributed by atoms with Gasteiger partial charge in [0.25, 0.3) is 0 Å². The van der Waals surface area contributed by atoms with E-state index in [2.05, 4.69) is 31.1 Å².